The van der Waals surface area contributed by atoms with Crippen LogP contribution >= 0.6 is 0 Å². The highest BCUT2D eigenvalue weighted by molar-refractivity contribution is 6.32. The molecule has 27 heavy (non-hydrogen) atoms. The number of ketones is 1. The molecule has 7 heteroatoms. The number of aliphatic imine (C=N–C) groups is 1. The van der Waals surface area contributed by atoms with Crippen molar-refractivity contribution in [2.24, 2.45) is 10.7 Å². The summed E-state index contributed by atoms with van der Waals surface area (Å²) in [5, 5.41) is 10.4. The molecule has 0 amide bonds. The van der Waals surface area contributed by atoms with Crippen molar-refractivity contribution >= 4 is 17.5 Å². The highest BCUT2D eigenvalue weighted by Crippen LogP contribution is 2.40. The van der Waals surface area contributed by atoms with Crippen molar-refractivity contribution in [3.05, 3.63) is 58.7 Å². The first-order valence-electron chi connectivity index (χ1n) is 8.64. The van der Waals surface area contributed by atoms with Gasteiger partial charge in [-0.3, -0.25) is 9.59 Å². The molecule has 0 saturated heterocycles. The van der Waals surface area contributed by atoms with Crippen LogP contribution in [0.2, 0.25) is 0 Å². The van der Waals surface area contributed by atoms with Crippen LogP contribution in [0.25, 0.3) is 0 Å². The fourth-order valence-corrected chi connectivity index (χ4v) is 3.27. The number of hydrogen-bond donors (Lipinski definition) is 2. The van der Waals surface area contributed by atoms with Gasteiger partial charge in [0.25, 0.3) is 0 Å². The Kier molecular flexibility index (Phi) is 4.16. The van der Waals surface area contributed by atoms with Crippen molar-refractivity contribution in [1.29, 1.82) is 0 Å². The molecule has 1 heterocycles. The highest BCUT2D eigenvalue weighted by atomic mass is 16.5. The van der Waals surface area contributed by atoms with E-state index in [-0.39, 0.29) is 18.1 Å². The minimum Gasteiger partial charge on any atom is -0.507 e. The summed E-state index contributed by atoms with van der Waals surface area (Å²) in [5.41, 5.74) is 7.88. The number of ether oxygens (including phenoxy) is 2. The second-order valence-corrected chi connectivity index (χ2v) is 6.50. The number of phenolic OH excluding ortho intramolecular Hbond substituents is 1. The van der Waals surface area contributed by atoms with E-state index in [1.54, 1.807) is 37.3 Å². The summed E-state index contributed by atoms with van der Waals surface area (Å²) in [6.45, 7) is 1.65. The van der Waals surface area contributed by atoms with Gasteiger partial charge in [0.1, 0.15) is 17.5 Å². The van der Waals surface area contributed by atoms with Crippen molar-refractivity contribution in [3.8, 4) is 11.5 Å². The molecule has 0 saturated carbocycles. The van der Waals surface area contributed by atoms with Gasteiger partial charge in [-0.1, -0.05) is 24.3 Å². The van der Waals surface area contributed by atoms with Gasteiger partial charge in [-0.25, -0.2) is 4.99 Å². The Morgan fingerprint density at radius 3 is 2.70 bits per heavy atom. The standard InChI is InChI=1S/C20H18N2O5/c1-10(21)20(25)26-9-8-15-22-18-16-11(4-2-6-13(16)23)19(24)12-5-3-7-14(27-15)17(12)18/h2-7,10,15,23H,8-9,21H2,1H3/t10-,15?/m0/s1. The minimum absolute atomic E-state index is 0.0101. The van der Waals surface area contributed by atoms with Crippen LogP contribution in [0.4, 0.5) is 0 Å². The molecule has 1 aliphatic carbocycles. The highest BCUT2D eigenvalue weighted by Gasteiger charge is 2.36. The molecular weight excluding hydrogens is 348 g/mol. The molecule has 2 atom stereocenters. The molecule has 0 bridgehead atoms. The summed E-state index contributed by atoms with van der Waals surface area (Å²) in [7, 11) is 0. The molecule has 2 aromatic carbocycles. The normalized spacial score (nSPS) is 17.9. The molecular formula is C20H18N2O5. The average molecular weight is 366 g/mol. The maximum atomic E-state index is 12.8. The summed E-state index contributed by atoms with van der Waals surface area (Å²) in [4.78, 5) is 28.9. The zero-order valence-corrected chi connectivity index (χ0v) is 14.6. The molecule has 0 fully saturated rings. The minimum atomic E-state index is -0.694. The second kappa shape index (κ2) is 6.51. The van der Waals surface area contributed by atoms with Crippen molar-refractivity contribution in [1.82, 2.24) is 0 Å². The van der Waals surface area contributed by atoms with Gasteiger partial charge in [0, 0.05) is 17.5 Å². The van der Waals surface area contributed by atoms with Gasteiger partial charge in [-0.05, 0) is 19.1 Å². The van der Waals surface area contributed by atoms with Crippen LogP contribution in [-0.2, 0) is 9.53 Å². The number of esters is 1. The number of aromatic hydroxyl groups is 1. The third-order valence-corrected chi connectivity index (χ3v) is 4.55. The SMILES string of the molecule is C[C@H](N)C(=O)OCCC1N=C2c3c(O)cccc3C(=O)c3cccc(c32)O1. The maximum Gasteiger partial charge on any atom is 0.322 e. The number of carbonyl (C=O) groups is 2. The van der Waals surface area contributed by atoms with E-state index >= 15 is 0 Å². The zero-order chi connectivity index (χ0) is 19.1. The van der Waals surface area contributed by atoms with E-state index in [1.807, 2.05) is 0 Å². The summed E-state index contributed by atoms with van der Waals surface area (Å²) in [6.07, 6.45) is -0.285. The lowest BCUT2D eigenvalue weighted by atomic mass is 9.82. The van der Waals surface area contributed by atoms with Crippen LogP contribution in [0.15, 0.2) is 41.4 Å². The van der Waals surface area contributed by atoms with Gasteiger partial charge in [-0.2, -0.15) is 0 Å². The van der Waals surface area contributed by atoms with Crippen LogP contribution < -0.4 is 10.5 Å². The van der Waals surface area contributed by atoms with E-state index in [0.717, 1.165) is 0 Å². The first kappa shape index (κ1) is 17.2. The Morgan fingerprint density at radius 2 is 1.96 bits per heavy atom. The molecule has 1 unspecified atom stereocenters. The number of nitrogens with zero attached hydrogens (tertiary/aromatic N) is 1. The monoisotopic (exact) mass is 366 g/mol. The smallest absolute Gasteiger partial charge is 0.322 e. The van der Waals surface area contributed by atoms with Crippen LogP contribution in [0.5, 0.6) is 11.5 Å². The molecule has 2 aromatic rings. The van der Waals surface area contributed by atoms with Gasteiger partial charge in [0.15, 0.2) is 12.0 Å². The second-order valence-electron chi connectivity index (χ2n) is 6.50. The fraction of sp³-hybridized carbons (Fsp3) is 0.250. The third kappa shape index (κ3) is 2.86. The average Bonchev–Trinajstić information content (AvgIpc) is 2.65. The molecule has 138 valence electrons. The summed E-state index contributed by atoms with van der Waals surface area (Å²) in [6, 6.07) is 9.35. The lowest BCUT2D eigenvalue weighted by molar-refractivity contribution is -0.145. The lowest BCUT2D eigenvalue weighted by Crippen LogP contribution is -2.32. The fourth-order valence-electron chi connectivity index (χ4n) is 3.27. The molecule has 2 aliphatic rings. The number of rotatable bonds is 4. The Balaban J connectivity index is 1.71. The summed E-state index contributed by atoms with van der Waals surface area (Å²) >= 11 is 0. The maximum absolute atomic E-state index is 12.8. The Bertz CT molecular complexity index is 980. The molecule has 0 spiro atoms. The van der Waals surface area contributed by atoms with Crippen LogP contribution in [0.3, 0.4) is 0 Å². The van der Waals surface area contributed by atoms with E-state index in [9.17, 15) is 14.7 Å². The van der Waals surface area contributed by atoms with Gasteiger partial charge in [0.2, 0.25) is 0 Å². The molecule has 7 nitrogen and oxygen atoms in total. The van der Waals surface area contributed by atoms with Gasteiger partial charge >= 0.3 is 5.97 Å². The van der Waals surface area contributed by atoms with E-state index in [0.29, 0.717) is 40.1 Å². The van der Waals surface area contributed by atoms with Gasteiger partial charge < -0.3 is 20.3 Å². The van der Waals surface area contributed by atoms with Gasteiger partial charge in [0.05, 0.1) is 23.4 Å². The predicted molar refractivity (Wildman–Crippen MR) is 97.3 cm³/mol. The largest absolute Gasteiger partial charge is 0.507 e. The van der Waals surface area contributed by atoms with E-state index in [2.05, 4.69) is 4.99 Å². The van der Waals surface area contributed by atoms with Crippen LogP contribution in [0.1, 0.15) is 40.4 Å². The Labute approximate surface area is 155 Å². The number of phenols is 1. The third-order valence-electron chi connectivity index (χ3n) is 4.55. The number of nitrogens with two attached hydrogens (primary N) is 1. The van der Waals surface area contributed by atoms with E-state index in [1.165, 1.54) is 6.07 Å². The van der Waals surface area contributed by atoms with Crippen LogP contribution in [-0.4, -0.2) is 41.4 Å². The number of carbonyl (C=O) groups excluding carboxylic acids is 2. The van der Waals surface area contributed by atoms with E-state index < -0.39 is 18.2 Å². The quantitative estimate of drug-likeness (QED) is 0.681. The summed E-state index contributed by atoms with van der Waals surface area (Å²) in [5.74, 6) is -0.163. The first-order chi connectivity index (χ1) is 13.0. The molecule has 0 radical (unpaired) electrons. The van der Waals surface area contributed by atoms with Crippen molar-refractivity contribution in [2.75, 3.05) is 6.61 Å². The lowest BCUT2D eigenvalue weighted by Gasteiger charge is -2.30. The Hall–Kier alpha value is -3.19. The number of hydrogen-bond acceptors (Lipinski definition) is 7. The molecule has 4 rings (SSSR count). The van der Waals surface area contributed by atoms with Crippen molar-refractivity contribution < 1.29 is 24.2 Å². The molecule has 1 aliphatic heterocycles. The Morgan fingerprint density at radius 1 is 1.26 bits per heavy atom. The first-order valence-corrected chi connectivity index (χ1v) is 8.64. The number of fused-ring (bicyclic) bond motifs is 2. The molecule has 0 aromatic heterocycles. The van der Waals surface area contributed by atoms with Crippen LogP contribution in [0, 0.1) is 0 Å². The zero-order valence-electron chi connectivity index (χ0n) is 14.6. The predicted octanol–water partition coefficient (Wildman–Crippen LogP) is 1.77. The van der Waals surface area contributed by atoms with Crippen molar-refractivity contribution in [3.63, 3.8) is 0 Å². The van der Waals surface area contributed by atoms with Crippen molar-refractivity contribution in [2.45, 2.75) is 25.6 Å². The number of benzene rings is 2. The van der Waals surface area contributed by atoms with E-state index in [4.69, 9.17) is 15.2 Å². The molecule has 3 N–H and O–H groups in total. The topological polar surface area (TPSA) is 111 Å². The summed E-state index contributed by atoms with van der Waals surface area (Å²) < 4.78 is 11.0. The van der Waals surface area contributed by atoms with Gasteiger partial charge in [-0.15, -0.1) is 0 Å².